The summed E-state index contributed by atoms with van der Waals surface area (Å²) in [5.74, 6) is -2.30. The third-order valence-corrected chi connectivity index (χ3v) is 2.85. The van der Waals surface area contributed by atoms with Crippen LogP contribution in [0.5, 0.6) is 0 Å². The average molecular weight is 302 g/mol. The van der Waals surface area contributed by atoms with Gasteiger partial charge in [-0.3, -0.25) is 10.1 Å². The number of carboxylic acid groups (broad SMARTS) is 2. The van der Waals surface area contributed by atoms with Crippen LogP contribution in [0.2, 0.25) is 0 Å². The fourth-order valence-corrected chi connectivity index (χ4v) is 1.78. The Morgan fingerprint density at radius 2 is 1.50 bits per heavy atom. The van der Waals surface area contributed by atoms with Crippen LogP contribution in [-0.4, -0.2) is 27.1 Å². The van der Waals surface area contributed by atoms with E-state index in [1.165, 1.54) is 24.3 Å². The highest BCUT2D eigenvalue weighted by Gasteiger charge is 2.16. The van der Waals surface area contributed by atoms with Gasteiger partial charge in [-0.2, -0.15) is 0 Å². The van der Waals surface area contributed by atoms with Crippen LogP contribution in [0, 0.1) is 10.1 Å². The summed E-state index contributed by atoms with van der Waals surface area (Å²) in [5.41, 5.74) is 0.0884. The van der Waals surface area contributed by atoms with Crippen LogP contribution in [0.3, 0.4) is 0 Å². The molecule has 0 aliphatic heterocycles. The summed E-state index contributed by atoms with van der Waals surface area (Å²) in [6, 6.07) is 8.90. The third kappa shape index (κ3) is 3.18. The smallest absolute Gasteiger partial charge is 0.335 e. The summed E-state index contributed by atoms with van der Waals surface area (Å²) in [6.45, 7) is 0. The van der Waals surface area contributed by atoms with Crippen LogP contribution in [0.15, 0.2) is 42.5 Å². The Balaban J connectivity index is 2.38. The molecule has 0 heterocycles. The van der Waals surface area contributed by atoms with Gasteiger partial charge in [0.25, 0.3) is 5.69 Å². The first-order chi connectivity index (χ1) is 10.4. The van der Waals surface area contributed by atoms with Crippen LogP contribution >= 0.6 is 0 Å². The lowest BCUT2D eigenvalue weighted by atomic mass is 10.1. The van der Waals surface area contributed by atoms with Gasteiger partial charge in [-0.05, 0) is 36.4 Å². The van der Waals surface area contributed by atoms with E-state index in [0.717, 1.165) is 18.2 Å². The second-order valence-electron chi connectivity index (χ2n) is 4.30. The quantitative estimate of drug-likeness (QED) is 0.571. The molecule has 3 N–H and O–H groups in total. The van der Waals surface area contributed by atoms with Gasteiger partial charge in [0.05, 0.1) is 16.1 Å². The molecular formula is C14H10N2O6. The van der Waals surface area contributed by atoms with E-state index in [-0.39, 0.29) is 22.5 Å². The molecule has 8 nitrogen and oxygen atoms in total. The van der Waals surface area contributed by atoms with Gasteiger partial charge in [-0.1, -0.05) is 0 Å². The molecule has 0 aliphatic rings. The van der Waals surface area contributed by atoms with E-state index in [0.29, 0.717) is 5.69 Å². The van der Waals surface area contributed by atoms with Gasteiger partial charge in [0.1, 0.15) is 5.69 Å². The largest absolute Gasteiger partial charge is 0.478 e. The summed E-state index contributed by atoms with van der Waals surface area (Å²) in [6.07, 6.45) is 0. The number of carboxylic acids is 2. The standard InChI is InChI=1S/C14H10N2O6/c17-13(18)8-1-4-10(5-2-8)15-11-7-9(14(19)20)3-6-12(11)16(21)22/h1-7,15H,(H,17,18)(H,19,20). The highest BCUT2D eigenvalue weighted by atomic mass is 16.6. The Labute approximate surface area is 123 Å². The van der Waals surface area contributed by atoms with Crippen LogP contribution in [0.4, 0.5) is 17.1 Å². The number of carbonyl (C=O) groups is 2. The van der Waals surface area contributed by atoms with Crippen molar-refractivity contribution in [3.8, 4) is 0 Å². The number of nitrogens with one attached hydrogen (secondary N) is 1. The fraction of sp³-hybridized carbons (Fsp3) is 0. The van der Waals surface area contributed by atoms with E-state index in [1.807, 2.05) is 0 Å². The van der Waals surface area contributed by atoms with Crippen molar-refractivity contribution in [2.24, 2.45) is 0 Å². The molecule has 0 bridgehead atoms. The van der Waals surface area contributed by atoms with Gasteiger partial charge in [0.2, 0.25) is 0 Å². The highest BCUT2D eigenvalue weighted by Crippen LogP contribution is 2.28. The first-order valence-corrected chi connectivity index (χ1v) is 6.00. The lowest BCUT2D eigenvalue weighted by Crippen LogP contribution is -2.02. The summed E-state index contributed by atoms with van der Waals surface area (Å²) in [7, 11) is 0. The maximum absolute atomic E-state index is 11.0. The van der Waals surface area contributed by atoms with Crippen molar-refractivity contribution in [1.82, 2.24) is 0 Å². The summed E-state index contributed by atoms with van der Waals surface area (Å²) < 4.78 is 0. The van der Waals surface area contributed by atoms with Crippen molar-refractivity contribution < 1.29 is 24.7 Å². The first kappa shape index (κ1) is 15.0. The molecule has 0 aromatic heterocycles. The highest BCUT2D eigenvalue weighted by molar-refractivity contribution is 5.91. The number of hydrogen-bond acceptors (Lipinski definition) is 5. The van der Waals surface area contributed by atoms with Gasteiger partial charge in [-0.25, -0.2) is 9.59 Å². The minimum atomic E-state index is -1.21. The third-order valence-electron chi connectivity index (χ3n) is 2.85. The Bertz CT molecular complexity index is 754. The molecule has 0 fully saturated rings. The van der Waals surface area contributed by atoms with Crippen molar-refractivity contribution in [2.75, 3.05) is 5.32 Å². The SMILES string of the molecule is O=C(O)c1ccc(Nc2cc(C(=O)O)ccc2[N+](=O)[O-])cc1. The number of anilines is 2. The van der Waals surface area contributed by atoms with Gasteiger partial charge in [0, 0.05) is 11.8 Å². The summed E-state index contributed by atoms with van der Waals surface area (Å²) in [4.78, 5) is 32.0. The van der Waals surface area contributed by atoms with Crippen molar-refractivity contribution in [3.05, 3.63) is 63.7 Å². The number of benzene rings is 2. The van der Waals surface area contributed by atoms with Gasteiger partial charge in [0.15, 0.2) is 0 Å². The van der Waals surface area contributed by atoms with Crippen molar-refractivity contribution >= 4 is 29.0 Å². The number of nitro groups is 1. The molecule has 2 aromatic carbocycles. The lowest BCUT2D eigenvalue weighted by Gasteiger charge is -2.08. The van der Waals surface area contributed by atoms with Crippen molar-refractivity contribution in [2.45, 2.75) is 0 Å². The predicted molar refractivity (Wildman–Crippen MR) is 76.7 cm³/mol. The summed E-state index contributed by atoms with van der Waals surface area (Å²) >= 11 is 0. The molecule has 0 unspecified atom stereocenters. The molecule has 22 heavy (non-hydrogen) atoms. The number of rotatable bonds is 5. The van der Waals surface area contributed by atoms with E-state index in [9.17, 15) is 19.7 Å². The zero-order valence-electron chi connectivity index (χ0n) is 11.0. The molecule has 8 heteroatoms. The normalized spacial score (nSPS) is 10.0. The number of hydrogen-bond donors (Lipinski definition) is 3. The van der Waals surface area contributed by atoms with Crippen LogP contribution in [0.25, 0.3) is 0 Å². The molecule has 0 amide bonds. The molecule has 0 saturated heterocycles. The minimum absolute atomic E-state index is 0.00738. The Morgan fingerprint density at radius 3 is 2.00 bits per heavy atom. The van der Waals surface area contributed by atoms with Crippen molar-refractivity contribution in [1.29, 1.82) is 0 Å². The molecule has 0 saturated carbocycles. The number of aromatic carboxylic acids is 2. The van der Waals surface area contributed by atoms with Crippen LogP contribution in [0.1, 0.15) is 20.7 Å². The molecule has 0 radical (unpaired) electrons. The number of nitrogens with zero attached hydrogens (tertiary/aromatic N) is 1. The maximum Gasteiger partial charge on any atom is 0.335 e. The summed E-state index contributed by atoms with van der Waals surface area (Å²) in [5, 5.41) is 31.4. The lowest BCUT2D eigenvalue weighted by molar-refractivity contribution is -0.383. The molecular weight excluding hydrogens is 292 g/mol. The van der Waals surface area contributed by atoms with E-state index < -0.39 is 16.9 Å². The average Bonchev–Trinajstić information content (AvgIpc) is 2.47. The molecule has 112 valence electrons. The zero-order valence-corrected chi connectivity index (χ0v) is 11.0. The molecule has 0 spiro atoms. The second kappa shape index (κ2) is 5.92. The predicted octanol–water partition coefficient (Wildman–Crippen LogP) is 2.73. The van der Waals surface area contributed by atoms with E-state index in [1.54, 1.807) is 0 Å². The minimum Gasteiger partial charge on any atom is -0.478 e. The first-order valence-electron chi connectivity index (χ1n) is 6.00. The van der Waals surface area contributed by atoms with E-state index >= 15 is 0 Å². The van der Waals surface area contributed by atoms with Crippen LogP contribution < -0.4 is 5.32 Å². The van der Waals surface area contributed by atoms with E-state index in [4.69, 9.17) is 10.2 Å². The number of nitro benzene ring substituents is 1. The van der Waals surface area contributed by atoms with Gasteiger partial charge < -0.3 is 15.5 Å². The Morgan fingerprint density at radius 1 is 0.955 bits per heavy atom. The van der Waals surface area contributed by atoms with Gasteiger partial charge in [-0.15, -0.1) is 0 Å². The monoisotopic (exact) mass is 302 g/mol. The molecule has 2 rings (SSSR count). The molecule has 0 atom stereocenters. The van der Waals surface area contributed by atoms with Crippen molar-refractivity contribution in [3.63, 3.8) is 0 Å². The van der Waals surface area contributed by atoms with Gasteiger partial charge >= 0.3 is 11.9 Å². The zero-order chi connectivity index (χ0) is 16.3. The Hall–Kier alpha value is -3.42. The topological polar surface area (TPSA) is 130 Å². The van der Waals surface area contributed by atoms with E-state index in [2.05, 4.69) is 5.32 Å². The second-order valence-corrected chi connectivity index (χ2v) is 4.30. The molecule has 2 aromatic rings. The maximum atomic E-state index is 11.0. The fourth-order valence-electron chi connectivity index (χ4n) is 1.78. The Kier molecular flexibility index (Phi) is 4.03. The molecule has 0 aliphatic carbocycles. The van der Waals surface area contributed by atoms with Crippen LogP contribution in [-0.2, 0) is 0 Å².